The van der Waals surface area contributed by atoms with E-state index < -0.39 is 0 Å². The Balaban J connectivity index is 1.43. The van der Waals surface area contributed by atoms with Gasteiger partial charge >= 0.3 is 0 Å². The van der Waals surface area contributed by atoms with Gasteiger partial charge in [-0.15, -0.1) is 0 Å². The average Bonchev–Trinajstić information content (AvgIpc) is 3.33. The quantitative estimate of drug-likeness (QED) is 0.864. The molecule has 2 N–H and O–H groups in total. The monoisotopic (exact) mass is 303 g/mol. The lowest BCUT2D eigenvalue weighted by molar-refractivity contribution is -0.123. The van der Waals surface area contributed by atoms with Gasteiger partial charge in [0.05, 0.1) is 6.54 Å². The minimum Gasteiger partial charge on any atom is -0.508 e. The lowest BCUT2D eigenvalue weighted by Crippen LogP contribution is -2.50. The molecule has 0 radical (unpaired) electrons. The second-order valence-electron chi connectivity index (χ2n) is 6.47. The molecule has 120 valence electrons. The molecule has 0 unspecified atom stereocenters. The number of carbonyl (C=O) groups excluding carboxylic acids is 1. The zero-order valence-corrected chi connectivity index (χ0v) is 13.2. The highest BCUT2D eigenvalue weighted by molar-refractivity contribution is 5.78. The molecule has 1 amide bonds. The maximum Gasteiger partial charge on any atom is 0.234 e. The average molecular weight is 303 g/mol. The number of aromatic hydroxyl groups is 1. The predicted molar refractivity (Wildman–Crippen MR) is 87.1 cm³/mol. The smallest absolute Gasteiger partial charge is 0.234 e. The highest BCUT2D eigenvalue weighted by Crippen LogP contribution is 2.32. The second-order valence-corrected chi connectivity index (χ2v) is 6.47. The van der Waals surface area contributed by atoms with Crippen LogP contribution >= 0.6 is 0 Å². The van der Waals surface area contributed by atoms with Crippen molar-refractivity contribution in [1.29, 1.82) is 0 Å². The van der Waals surface area contributed by atoms with E-state index in [1.54, 1.807) is 12.1 Å². The van der Waals surface area contributed by atoms with Gasteiger partial charge in [0.1, 0.15) is 5.75 Å². The number of rotatable bonds is 5. The number of nitrogens with zero attached hydrogens (tertiary/aromatic N) is 2. The Kier molecular flexibility index (Phi) is 4.52. The molecule has 2 fully saturated rings. The van der Waals surface area contributed by atoms with Gasteiger partial charge in [0.25, 0.3) is 0 Å². The van der Waals surface area contributed by atoms with E-state index in [4.69, 9.17) is 0 Å². The molecule has 2 aliphatic rings. The van der Waals surface area contributed by atoms with Crippen molar-refractivity contribution in [3.05, 3.63) is 24.3 Å². The molecule has 3 rings (SSSR count). The van der Waals surface area contributed by atoms with Crippen LogP contribution in [0, 0.1) is 5.92 Å². The van der Waals surface area contributed by atoms with E-state index in [1.807, 2.05) is 12.1 Å². The van der Waals surface area contributed by atoms with E-state index in [0.29, 0.717) is 24.3 Å². The third-order valence-electron chi connectivity index (χ3n) is 4.67. The highest BCUT2D eigenvalue weighted by atomic mass is 16.3. The minimum atomic E-state index is 0.150. The highest BCUT2D eigenvalue weighted by Gasteiger charge is 2.29. The molecule has 1 aliphatic carbocycles. The van der Waals surface area contributed by atoms with Gasteiger partial charge in [-0.1, -0.05) is 0 Å². The van der Waals surface area contributed by atoms with Crippen LogP contribution in [0.2, 0.25) is 0 Å². The maximum atomic E-state index is 12.0. The number of benzene rings is 1. The Bertz CT molecular complexity index is 505. The standard InChI is InChI=1S/C17H25N3O2/c1-13(14-2-3-14)18-17(22)12-19-8-10-20(11-9-19)15-4-6-16(21)7-5-15/h4-7,13-14,21H,2-3,8-12H2,1H3,(H,18,22)/t13-/m1/s1. The van der Waals surface area contributed by atoms with E-state index >= 15 is 0 Å². The first kappa shape index (κ1) is 15.2. The molecule has 1 aliphatic heterocycles. The van der Waals surface area contributed by atoms with Crippen molar-refractivity contribution in [2.75, 3.05) is 37.6 Å². The van der Waals surface area contributed by atoms with Crippen molar-refractivity contribution in [2.45, 2.75) is 25.8 Å². The van der Waals surface area contributed by atoms with Crippen molar-refractivity contribution in [3.8, 4) is 5.75 Å². The number of carbonyl (C=O) groups is 1. The van der Waals surface area contributed by atoms with Gasteiger partial charge < -0.3 is 15.3 Å². The molecule has 0 aromatic heterocycles. The van der Waals surface area contributed by atoms with Crippen LogP contribution in [0.1, 0.15) is 19.8 Å². The van der Waals surface area contributed by atoms with Crippen LogP contribution in [-0.4, -0.2) is 54.7 Å². The Morgan fingerprint density at radius 1 is 1.23 bits per heavy atom. The SMILES string of the molecule is C[C@@H](NC(=O)CN1CCN(c2ccc(O)cc2)CC1)C1CC1. The van der Waals surface area contributed by atoms with Crippen LogP contribution in [0.15, 0.2) is 24.3 Å². The number of nitrogens with one attached hydrogen (secondary N) is 1. The van der Waals surface area contributed by atoms with Gasteiger partial charge in [0.2, 0.25) is 5.91 Å². The summed E-state index contributed by atoms with van der Waals surface area (Å²) in [6, 6.07) is 7.64. The number of phenolic OH excluding ortho intramolecular Hbond substituents is 1. The summed E-state index contributed by atoms with van der Waals surface area (Å²) in [5.41, 5.74) is 1.13. The van der Waals surface area contributed by atoms with Crippen LogP contribution in [0.5, 0.6) is 5.75 Å². The van der Waals surface area contributed by atoms with Crippen molar-refractivity contribution in [2.24, 2.45) is 5.92 Å². The Labute approximate surface area is 131 Å². The summed E-state index contributed by atoms with van der Waals surface area (Å²) in [5.74, 6) is 1.15. The fourth-order valence-corrected chi connectivity index (χ4v) is 3.04. The van der Waals surface area contributed by atoms with Crippen molar-refractivity contribution >= 4 is 11.6 Å². The lowest BCUT2D eigenvalue weighted by atomic mass is 10.2. The van der Waals surface area contributed by atoms with Gasteiger partial charge in [-0.05, 0) is 49.9 Å². The number of phenols is 1. The molecular weight excluding hydrogens is 278 g/mol. The van der Waals surface area contributed by atoms with Gasteiger partial charge in [-0.25, -0.2) is 0 Å². The van der Waals surface area contributed by atoms with Crippen LogP contribution in [0.4, 0.5) is 5.69 Å². The van der Waals surface area contributed by atoms with Crippen molar-refractivity contribution in [1.82, 2.24) is 10.2 Å². The summed E-state index contributed by atoms with van der Waals surface area (Å²) in [6.45, 7) is 6.23. The number of amides is 1. The summed E-state index contributed by atoms with van der Waals surface area (Å²) in [5, 5.41) is 12.5. The number of piperazine rings is 1. The number of anilines is 1. The van der Waals surface area contributed by atoms with E-state index in [-0.39, 0.29) is 5.91 Å². The Morgan fingerprint density at radius 3 is 2.45 bits per heavy atom. The molecule has 5 heteroatoms. The maximum absolute atomic E-state index is 12.0. The zero-order valence-electron chi connectivity index (χ0n) is 13.2. The largest absolute Gasteiger partial charge is 0.508 e. The van der Waals surface area contributed by atoms with Crippen LogP contribution in [-0.2, 0) is 4.79 Å². The van der Waals surface area contributed by atoms with Crippen LogP contribution in [0.3, 0.4) is 0 Å². The Hall–Kier alpha value is -1.75. The summed E-state index contributed by atoms with van der Waals surface area (Å²) >= 11 is 0. The molecular formula is C17H25N3O2. The van der Waals surface area contributed by atoms with Crippen molar-refractivity contribution < 1.29 is 9.90 Å². The fourth-order valence-electron chi connectivity index (χ4n) is 3.04. The molecule has 0 bridgehead atoms. The van der Waals surface area contributed by atoms with Gasteiger partial charge in [-0.3, -0.25) is 9.69 Å². The number of hydrogen-bond donors (Lipinski definition) is 2. The molecule has 1 aromatic carbocycles. The molecule has 22 heavy (non-hydrogen) atoms. The van der Waals surface area contributed by atoms with Gasteiger partial charge in [-0.2, -0.15) is 0 Å². The van der Waals surface area contributed by atoms with E-state index in [9.17, 15) is 9.90 Å². The van der Waals surface area contributed by atoms with E-state index in [2.05, 4.69) is 22.0 Å². The topological polar surface area (TPSA) is 55.8 Å². The Morgan fingerprint density at radius 2 is 1.86 bits per heavy atom. The minimum absolute atomic E-state index is 0.150. The lowest BCUT2D eigenvalue weighted by Gasteiger charge is -2.35. The first-order chi connectivity index (χ1) is 10.6. The van der Waals surface area contributed by atoms with Gasteiger partial charge in [0.15, 0.2) is 0 Å². The van der Waals surface area contributed by atoms with Crippen LogP contribution in [0.25, 0.3) is 0 Å². The third-order valence-corrected chi connectivity index (χ3v) is 4.67. The summed E-state index contributed by atoms with van der Waals surface area (Å²) in [7, 11) is 0. The fraction of sp³-hybridized carbons (Fsp3) is 0.588. The number of hydrogen-bond acceptors (Lipinski definition) is 4. The summed E-state index contributed by atoms with van der Waals surface area (Å²) < 4.78 is 0. The van der Waals surface area contributed by atoms with Crippen molar-refractivity contribution in [3.63, 3.8) is 0 Å². The molecule has 1 heterocycles. The molecule has 1 saturated heterocycles. The summed E-state index contributed by atoms with van der Waals surface area (Å²) in [6.07, 6.45) is 2.51. The predicted octanol–water partition coefficient (Wildman–Crippen LogP) is 1.43. The molecule has 1 atom stereocenters. The van der Waals surface area contributed by atoms with E-state index in [1.165, 1.54) is 12.8 Å². The summed E-state index contributed by atoms with van der Waals surface area (Å²) in [4.78, 5) is 16.6. The first-order valence-corrected chi connectivity index (χ1v) is 8.17. The van der Waals surface area contributed by atoms with Gasteiger partial charge in [0, 0.05) is 37.9 Å². The van der Waals surface area contributed by atoms with E-state index in [0.717, 1.165) is 31.9 Å². The zero-order chi connectivity index (χ0) is 15.5. The molecule has 1 saturated carbocycles. The third kappa shape index (κ3) is 3.91. The molecule has 0 spiro atoms. The molecule has 1 aromatic rings. The van der Waals surface area contributed by atoms with Crippen LogP contribution < -0.4 is 10.2 Å². The first-order valence-electron chi connectivity index (χ1n) is 8.17. The second kappa shape index (κ2) is 6.57. The molecule has 5 nitrogen and oxygen atoms in total. The normalized spacial score (nSPS) is 20.7.